The summed E-state index contributed by atoms with van der Waals surface area (Å²) in [6.07, 6.45) is 6.28. The van der Waals surface area contributed by atoms with Crippen LogP contribution in [0, 0.1) is 23.7 Å². The fraction of sp³-hybridized carbons (Fsp3) is 0.667. The summed E-state index contributed by atoms with van der Waals surface area (Å²) in [5, 5.41) is 2.83. The molecule has 150 valence electrons. The van der Waals surface area contributed by atoms with Crippen molar-refractivity contribution in [2.24, 2.45) is 23.7 Å². The van der Waals surface area contributed by atoms with Gasteiger partial charge in [-0.25, -0.2) is 13.1 Å². The molecule has 3 rings (SSSR count). The average molecular weight is 393 g/mol. The molecule has 0 spiro atoms. The fourth-order valence-electron chi connectivity index (χ4n) is 4.67. The molecule has 2 N–H and O–H groups in total. The molecule has 6 heteroatoms. The van der Waals surface area contributed by atoms with Crippen LogP contribution in [0.2, 0.25) is 0 Å². The predicted octanol–water partition coefficient (Wildman–Crippen LogP) is 4.16. The van der Waals surface area contributed by atoms with E-state index in [1.54, 1.807) is 24.3 Å². The number of fused-ring (bicyclic) bond motifs is 2. The van der Waals surface area contributed by atoms with E-state index in [1.807, 2.05) is 6.92 Å². The minimum absolute atomic E-state index is 0.0395. The number of carbonyl (C=O) groups is 1. The first-order chi connectivity index (χ1) is 12.7. The molecule has 0 heterocycles. The van der Waals surface area contributed by atoms with Crippen LogP contribution in [0.1, 0.15) is 59.3 Å². The van der Waals surface area contributed by atoms with E-state index in [9.17, 15) is 13.2 Å². The zero-order valence-corrected chi connectivity index (χ0v) is 17.4. The van der Waals surface area contributed by atoms with E-state index in [2.05, 4.69) is 23.9 Å². The van der Waals surface area contributed by atoms with Gasteiger partial charge in [-0.1, -0.05) is 20.3 Å². The Kier molecular flexibility index (Phi) is 6.26. The third kappa shape index (κ3) is 5.11. The van der Waals surface area contributed by atoms with Crippen LogP contribution in [0.3, 0.4) is 0 Å². The maximum atomic E-state index is 12.7. The van der Waals surface area contributed by atoms with Gasteiger partial charge in [-0.15, -0.1) is 0 Å². The Labute approximate surface area is 163 Å². The first kappa shape index (κ1) is 20.3. The second-order valence-corrected chi connectivity index (χ2v) is 10.5. The van der Waals surface area contributed by atoms with Gasteiger partial charge in [-0.05, 0) is 80.5 Å². The fourth-order valence-corrected chi connectivity index (χ4v) is 5.96. The van der Waals surface area contributed by atoms with E-state index < -0.39 is 10.0 Å². The Balaban J connectivity index is 1.57. The van der Waals surface area contributed by atoms with Crippen LogP contribution < -0.4 is 10.0 Å². The van der Waals surface area contributed by atoms with Gasteiger partial charge < -0.3 is 5.32 Å². The largest absolute Gasteiger partial charge is 0.326 e. The van der Waals surface area contributed by atoms with Crippen LogP contribution in [0.25, 0.3) is 0 Å². The molecule has 1 aromatic rings. The third-order valence-corrected chi connectivity index (χ3v) is 7.75. The number of amides is 1. The van der Waals surface area contributed by atoms with Gasteiger partial charge in [0.1, 0.15) is 0 Å². The topological polar surface area (TPSA) is 75.3 Å². The number of nitrogens with one attached hydrogen (secondary N) is 2. The van der Waals surface area contributed by atoms with Crippen molar-refractivity contribution in [3.63, 3.8) is 0 Å². The third-order valence-electron chi connectivity index (χ3n) is 6.17. The number of anilines is 1. The van der Waals surface area contributed by atoms with Crippen LogP contribution in [-0.2, 0) is 14.8 Å². The first-order valence-electron chi connectivity index (χ1n) is 10.2. The van der Waals surface area contributed by atoms with Crippen LogP contribution in [-0.4, -0.2) is 20.4 Å². The van der Waals surface area contributed by atoms with Crippen molar-refractivity contribution in [2.45, 2.75) is 70.2 Å². The smallest absolute Gasteiger partial charge is 0.240 e. The van der Waals surface area contributed by atoms with Crippen molar-refractivity contribution in [3.8, 4) is 0 Å². The number of rotatable bonds is 8. The quantitative estimate of drug-likeness (QED) is 0.697. The summed E-state index contributed by atoms with van der Waals surface area (Å²) in [4.78, 5) is 12.2. The number of hydrogen-bond acceptors (Lipinski definition) is 3. The molecule has 2 fully saturated rings. The van der Waals surface area contributed by atoms with E-state index in [4.69, 9.17) is 0 Å². The molecule has 1 amide bonds. The van der Waals surface area contributed by atoms with Gasteiger partial charge in [0, 0.05) is 18.2 Å². The highest BCUT2D eigenvalue weighted by molar-refractivity contribution is 7.89. The summed E-state index contributed by atoms with van der Waals surface area (Å²) in [5.74, 6) is 2.37. The molecule has 2 aliphatic rings. The van der Waals surface area contributed by atoms with Crippen molar-refractivity contribution in [1.29, 1.82) is 0 Å². The maximum Gasteiger partial charge on any atom is 0.240 e. The van der Waals surface area contributed by atoms with E-state index >= 15 is 0 Å². The lowest BCUT2D eigenvalue weighted by molar-refractivity contribution is -0.116. The van der Waals surface area contributed by atoms with Gasteiger partial charge in [-0.3, -0.25) is 4.79 Å². The number of sulfonamides is 1. The average Bonchev–Trinajstić information content (AvgIpc) is 3.23. The van der Waals surface area contributed by atoms with E-state index in [0.717, 1.165) is 18.8 Å². The van der Waals surface area contributed by atoms with Crippen molar-refractivity contribution in [2.75, 3.05) is 5.32 Å². The molecular weight excluding hydrogens is 360 g/mol. The van der Waals surface area contributed by atoms with Crippen molar-refractivity contribution < 1.29 is 13.2 Å². The molecule has 0 saturated heterocycles. The van der Waals surface area contributed by atoms with Crippen LogP contribution in [0.15, 0.2) is 29.2 Å². The summed E-state index contributed by atoms with van der Waals surface area (Å²) < 4.78 is 28.3. The van der Waals surface area contributed by atoms with Gasteiger partial charge in [-0.2, -0.15) is 0 Å². The zero-order chi connectivity index (χ0) is 19.6. The Morgan fingerprint density at radius 1 is 1.11 bits per heavy atom. The van der Waals surface area contributed by atoms with Crippen LogP contribution in [0.5, 0.6) is 0 Å². The molecule has 1 aromatic carbocycles. The Hall–Kier alpha value is -1.40. The molecule has 4 atom stereocenters. The molecule has 0 radical (unpaired) electrons. The van der Waals surface area contributed by atoms with Gasteiger partial charge in [0.2, 0.25) is 15.9 Å². The summed E-state index contributed by atoms with van der Waals surface area (Å²) in [6, 6.07) is 6.40. The van der Waals surface area contributed by atoms with Gasteiger partial charge in [0.25, 0.3) is 0 Å². The molecule has 5 nitrogen and oxygen atoms in total. The number of hydrogen-bond donors (Lipinski definition) is 2. The number of benzene rings is 1. The van der Waals surface area contributed by atoms with Gasteiger partial charge in [0.05, 0.1) is 4.90 Å². The summed E-state index contributed by atoms with van der Waals surface area (Å²) >= 11 is 0. The highest BCUT2D eigenvalue weighted by Gasteiger charge is 2.42. The molecule has 2 aliphatic carbocycles. The Morgan fingerprint density at radius 2 is 1.81 bits per heavy atom. The van der Waals surface area contributed by atoms with Crippen molar-refractivity contribution in [1.82, 2.24) is 4.72 Å². The second kappa shape index (κ2) is 8.31. The molecule has 0 aliphatic heterocycles. The highest BCUT2D eigenvalue weighted by Crippen LogP contribution is 2.49. The standard InChI is InChI=1S/C21H32N2O3S/c1-14(2)4-11-21(24)22-18-7-9-19(10-8-18)27(25,26)23-15(3)20-13-16-5-6-17(20)12-16/h7-10,14-17,20,23H,4-6,11-13H2,1-3H3,(H,22,24)/t15-,16+,17+,20+/m1/s1. The maximum absolute atomic E-state index is 12.7. The normalized spacial score (nSPS) is 25.7. The zero-order valence-electron chi connectivity index (χ0n) is 16.6. The summed E-state index contributed by atoms with van der Waals surface area (Å²) in [7, 11) is -3.54. The lowest BCUT2D eigenvalue weighted by atomic mass is 9.84. The lowest BCUT2D eigenvalue weighted by Crippen LogP contribution is -2.40. The molecular formula is C21H32N2O3S. The van der Waals surface area contributed by atoms with E-state index in [0.29, 0.717) is 29.9 Å². The molecule has 0 aromatic heterocycles. The Bertz CT molecular complexity index is 758. The SMILES string of the molecule is CC(C)CCC(=O)Nc1ccc(S(=O)(=O)N[C@H](C)[C@@H]2C[C@H]3CC[C@H]2C3)cc1. The first-order valence-corrected chi connectivity index (χ1v) is 11.6. The molecule has 2 bridgehead atoms. The predicted molar refractivity (Wildman–Crippen MR) is 108 cm³/mol. The lowest BCUT2D eigenvalue weighted by Gasteiger charge is -2.28. The Morgan fingerprint density at radius 3 is 2.37 bits per heavy atom. The molecule has 27 heavy (non-hydrogen) atoms. The molecule has 2 saturated carbocycles. The van der Waals surface area contributed by atoms with Crippen molar-refractivity contribution in [3.05, 3.63) is 24.3 Å². The van der Waals surface area contributed by atoms with Gasteiger partial charge >= 0.3 is 0 Å². The summed E-state index contributed by atoms with van der Waals surface area (Å²) in [5.41, 5.74) is 0.629. The summed E-state index contributed by atoms with van der Waals surface area (Å²) in [6.45, 7) is 6.15. The van der Waals surface area contributed by atoms with Gasteiger partial charge in [0.15, 0.2) is 0 Å². The minimum atomic E-state index is -3.54. The van der Waals surface area contributed by atoms with Crippen LogP contribution >= 0.6 is 0 Å². The minimum Gasteiger partial charge on any atom is -0.326 e. The van der Waals surface area contributed by atoms with Crippen molar-refractivity contribution >= 4 is 21.6 Å². The molecule has 0 unspecified atom stereocenters. The van der Waals surface area contributed by atoms with E-state index in [1.165, 1.54) is 19.3 Å². The second-order valence-electron chi connectivity index (χ2n) is 8.75. The monoisotopic (exact) mass is 392 g/mol. The van der Waals surface area contributed by atoms with E-state index in [-0.39, 0.29) is 16.8 Å². The number of carbonyl (C=O) groups excluding carboxylic acids is 1. The highest BCUT2D eigenvalue weighted by atomic mass is 32.2. The van der Waals surface area contributed by atoms with Crippen LogP contribution in [0.4, 0.5) is 5.69 Å².